The Morgan fingerprint density at radius 3 is 2.58 bits per heavy atom. The fourth-order valence-electron chi connectivity index (χ4n) is 1.73. The maximum atomic E-state index is 10.5. The third-order valence-electron chi connectivity index (χ3n) is 2.66. The van der Waals surface area contributed by atoms with Crippen LogP contribution in [0.3, 0.4) is 0 Å². The Kier molecular flexibility index (Phi) is 3.35. The van der Waals surface area contributed by atoms with Crippen molar-refractivity contribution in [1.29, 1.82) is 0 Å². The molecule has 0 aromatic heterocycles. The number of hydrogen-bond donors (Lipinski definition) is 0. The topological polar surface area (TPSA) is 29.1 Å². The van der Waals surface area contributed by atoms with Gasteiger partial charge in [-0.15, -0.1) is 0 Å². The third-order valence-corrected chi connectivity index (χ3v) is 5.26. The zero-order valence-electron chi connectivity index (χ0n) is 7.88. The van der Waals surface area contributed by atoms with E-state index in [1.54, 1.807) is 6.08 Å². The van der Waals surface area contributed by atoms with Crippen molar-refractivity contribution in [2.45, 2.75) is 37.6 Å². The average molecular weight is 185 g/mol. The molecule has 1 rings (SSSR count). The molecule has 0 aromatic carbocycles. The van der Waals surface area contributed by atoms with Crippen molar-refractivity contribution in [3.63, 3.8) is 0 Å². The van der Waals surface area contributed by atoms with E-state index in [9.17, 15) is 5.11 Å². The minimum atomic E-state index is -0.914. The molecular formula is C9H17O2Si. The second kappa shape index (κ2) is 4.10. The van der Waals surface area contributed by atoms with Crippen LogP contribution in [0.15, 0.2) is 12.3 Å². The quantitative estimate of drug-likeness (QED) is 0.477. The first kappa shape index (κ1) is 9.80. The van der Waals surface area contributed by atoms with E-state index in [2.05, 4.69) is 13.1 Å². The van der Waals surface area contributed by atoms with Crippen molar-refractivity contribution in [2.24, 2.45) is 0 Å². The molecule has 1 unspecified atom stereocenters. The lowest BCUT2D eigenvalue weighted by Gasteiger charge is -2.37. The van der Waals surface area contributed by atoms with Crippen molar-refractivity contribution < 1.29 is 9.84 Å². The summed E-state index contributed by atoms with van der Waals surface area (Å²) in [5, 5.41) is 10.3. The molecule has 12 heavy (non-hydrogen) atoms. The number of hydrogen-bond acceptors (Lipinski definition) is 1. The number of ether oxygens (including phenoxy) is 1. The highest BCUT2D eigenvalue weighted by Gasteiger charge is 2.34. The Morgan fingerprint density at radius 2 is 2.17 bits per heavy atom. The monoisotopic (exact) mass is 185 g/mol. The van der Waals surface area contributed by atoms with Gasteiger partial charge in [-0.2, -0.15) is 0 Å². The first-order chi connectivity index (χ1) is 5.71. The highest BCUT2D eigenvalue weighted by atomic mass is 28.3. The van der Waals surface area contributed by atoms with Crippen molar-refractivity contribution in [1.82, 2.24) is 0 Å². The fraction of sp³-hybridized carbons (Fsp3) is 0.778. The van der Waals surface area contributed by atoms with E-state index >= 15 is 0 Å². The van der Waals surface area contributed by atoms with Crippen LogP contribution in [-0.4, -0.2) is 20.6 Å². The van der Waals surface area contributed by atoms with Gasteiger partial charge in [-0.3, -0.25) is 5.11 Å². The normalized spacial score (nSPS) is 31.6. The van der Waals surface area contributed by atoms with Crippen LogP contribution in [0.2, 0.25) is 13.1 Å². The van der Waals surface area contributed by atoms with E-state index < -0.39 is 8.80 Å². The van der Waals surface area contributed by atoms with E-state index in [1.807, 2.05) is 0 Å². The van der Waals surface area contributed by atoms with Gasteiger partial charge in [-0.25, -0.2) is 0 Å². The van der Waals surface area contributed by atoms with Gasteiger partial charge in [0, 0.05) is 6.61 Å². The molecule has 1 aliphatic rings. The maximum absolute atomic E-state index is 10.5. The molecule has 0 spiro atoms. The smallest absolute Gasteiger partial charge is 0.141 e. The molecular weight excluding hydrogens is 168 g/mol. The predicted molar refractivity (Wildman–Crippen MR) is 51.2 cm³/mol. The summed E-state index contributed by atoms with van der Waals surface area (Å²) in [6.07, 6.45) is 6.04. The van der Waals surface area contributed by atoms with E-state index in [1.165, 1.54) is 6.42 Å². The maximum Gasteiger partial charge on any atom is 0.141 e. The van der Waals surface area contributed by atoms with Crippen LogP contribution in [0.1, 0.15) is 19.3 Å². The van der Waals surface area contributed by atoms with Gasteiger partial charge in [-0.05, 0) is 25.3 Å². The Balaban J connectivity index is 2.69. The Hall–Kier alpha value is -0.283. The standard InChI is InChI=1S/C9H17O2Si/c1-12(2)9(6-7-10)5-3-4-8-11-9/h6-7,12H,3-5,8H2,1-2H3. The van der Waals surface area contributed by atoms with Crippen LogP contribution in [0.25, 0.3) is 0 Å². The molecule has 1 aliphatic heterocycles. The zero-order valence-corrected chi connectivity index (χ0v) is 9.03. The molecule has 1 atom stereocenters. The van der Waals surface area contributed by atoms with Crippen LogP contribution >= 0.6 is 0 Å². The van der Waals surface area contributed by atoms with Crippen molar-refractivity contribution in [3.8, 4) is 0 Å². The highest BCUT2D eigenvalue weighted by molar-refractivity contribution is 6.59. The molecule has 0 N–H and O–H groups in total. The summed E-state index contributed by atoms with van der Waals surface area (Å²) in [6.45, 7) is 5.31. The molecule has 2 nitrogen and oxygen atoms in total. The van der Waals surface area contributed by atoms with Crippen molar-refractivity contribution in [3.05, 3.63) is 12.3 Å². The molecule has 3 heteroatoms. The lowest BCUT2D eigenvalue weighted by Crippen LogP contribution is -2.45. The Labute approximate surface area is 75.8 Å². The lowest BCUT2D eigenvalue weighted by atomic mass is 10.1. The molecule has 0 bridgehead atoms. The fourth-order valence-corrected chi connectivity index (χ4v) is 3.43. The van der Waals surface area contributed by atoms with Gasteiger partial charge in [0.25, 0.3) is 0 Å². The summed E-state index contributed by atoms with van der Waals surface area (Å²) < 4.78 is 5.74. The van der Waals surface area contributed by atoms with Crippen molar-refractivity contribution >= 4 is 8.80 Å². The molecule has 0 aliphatic carbocycles. The van der Waals surface area contributed by atoms with Crippen LogP contribution in [0, 0.1) is 0 Å². The van der Waals surface area contributed by atoms with Gasteiger partial charge >= 0.3 is 0 Å². The largest absolute Gasteiger partial charge is 0.375 e. The first-order valence-electron chi connectivity index (χ1n) is 4.65. The van der Waals surface area contributed by atoms with Gasteiger partial charge in [-0.1, -0.05) is 13.1 Å². The zero-order chi connectivity index (χ0) is 9.03. The SMILES string of the molecule is C[SiH](C)C1(C=C[O])CCCCO1. The summed E-state index contributed by atoms with van der Waals surface area (Å²) >= 11 is 0. The summed E-state index contributed by atoms with van der Waals surface area (Å²) in [5.74, 6) is 0. The van der Waals surface area contributed by atoms with E-state index in [-0.39, 0.29) is 5.22 Å². The first-order valence-corrected chi connectivity index (χ1v) is 7.53. The van der Waals surface area contributed by atoms with Crippen LogP contribution in [0.4, 0.5) is 0 Å². The Morgan fingerprint density at radius 1 is 1.42 bits per heavy atom. The van der Waals surface area contributed by atoms with Gasteiger partial charge in [0.1, 0.15) is 6.26 Å². The average Bonchev–Trinajstić information content (AvgIpc) is 2.06. The van der Waals surface area contributed by atoms with Crippen LogP contribution in [-0.2, 0) is 9.84 Å². The Bertz CT molecular complexity index is 160. The molecule has 1 radical (unpaired) electrons. The minimum absolute atomic E-state index is 0.125. The summed E-state index contributed by atoms with van der Waals surface area (Å²) in [5.41, 5.74) is 0. The molecule has 1 fully saturated rings. The molecule has 1 saturated heterocycles. The van der Waals surface area contributed by atoms with Gasteiger partial charge < -0.3 is 4.74 Å². The van der Waals surface area contributed by atoms with Gasteiger partial charge in [0.05, 0.1) is 14.0 Å². The highest BCUT2D eigenvalue weighted by Crippen LogP contribution is 2.28. The molecule has 0 aromatic rings. The lowest BCUT2D eigenvalue weighted by molar-refractivity contribution is 0.00886. The molecule has 69 valence electrons. The summed E-state index contributed by atoms with van der Waals surface area (Å²) in [7, 11) is -0.914. The van der Waals surface area contributed by atoms with E-state index in [0.717, 1.165) is 25.7 Å². The summed E-state index contributed by atoms with van der Waals surface area (Å²) in [6, 6.07) is 0. The molecule has 0 saturated carbocycles. The third kappa shape index (κ3) is 1.90. The summed E-state index contributed by atoms with van der Waals surface area (Å²) in [4.78, 5) is 0. The predicted octanol–water partition coefficient (Wildman–Crippen LogP) is 1.90. The second-order valence-electron chi connectivity index (χ2n) is 3.72. The van der Waals surface area contributed by atoms with Crippen LogP contribution in [0.5, 0.6) is 0 Å². The van der Waals surface area contributed by atoms with Crippen LogP contribution < -0.4 is 0 Å². The number of rotatable bonds is 2. The van der Waals surface area contributed by atoms with Crippen molar-refractivity contribution in [2.75, 3.05) is 6.61 Å². The van der Waals surface area contributed by atoms with E-state index in [0.29, 0.717) is 0 Å². The second-order valence-corrected chi connectivity index (χ2v) is 7.00. The molecule has 0 amide bonds. The van der Waals surface area contributed by atoms with E-state index in [4.69, 9.17) is 4.74 Å². The minimum Gasteiger partial charge on any atom is -0.375 e. The van der Waals surface area contributed by atoms with Gasteiger partial charge in [0.2, 0.25) is 0 Å². The molecule has 1 heterocycles. The van der Waals surface area contributed by atoms with Gasteiger partial charge in [0.15, 0.2) is 0 Å².